The summed E-state index contributed by atoms with van der Waals surface area (Å²) in [5, 5.41) is 3.12. The largest absolute Gasteiger partial charge is 0.338 e. The lowest BCUT2D eigenvalue weighted by Gasteiger charge is -2.19. The zero-order valence-electron chi connectivity index (χ0n) is 14.0. The maximum absolute atomic E-state index is 12.3. The molecule has 1 heterocycles. The molecule has 1 aromatic carbocycles. The number of carbonyl (C=O) groups excluding carboxylic acids is 1. The van der Waals surface area contributed by atoms with Gasteiger partial charge in [0.2, 0.25) is 0 Å². The second-order valence-corrected chi connectivity index (χ2v) is 7.11. The summed E-state index contributed by atoms with van der Waals surface area (Å²) in [5.74, 6) is 0.583. The molecular formula is C20H23N3O. The summed E-state index contributed by atoms with van der Waals surface area (Å²) >= 11 is 0. The molecule has 4 heteroatoms. The quantitative estimate of drug-likeness (QED) is 0.940. The lowest BCUT2D eigenvalue weighted by molar-refractivity contribution is 0.206. The van der Waals surface area contributed by atoms with E-state index in [0.717, 1.165) is 12.1 Å². The van der Waals surface area contributed by atoms with Crippen LogP contribution in [0.4, 0.5) is 4.79 Å². The molecule has 0 bridgehead atoms. The number of amides is 2. The van der Waals surface area contributed by atoms with E-state index < -0.39 is 0 Å². The molecule has 2 aliphatic rings. The summed E-state index contributed by atoms with van der Waals surface area (Å²) in [6.07, 6.45) is 7.14. The van der Waals surface area contributed by atoms with Crippen molar-refractivity contribution in [2.45, 2.75) is 31.2 Å². The molecule has 0 aliphatic heterocycles. The minimum atomic E-state index is 0.000134. The third-order valence-corrected chi connectivity index (χ3v) is 5.64. The third kappa shape index (κ3) is 2.66. The van der Waals surface area contributed by atoms with Crippen LogP contribution in [0.3, 0.4) is 0 Å². The predicted octanol–water partition coefficient (Wildman–Crippen LogP) is 3.13. The number of fused-ring (bicyclic) bond motifs is 2. The van der Waals surface area contributed by atoms with Crippen LogP contribution in [0.1, 0.15) is 29.5 Å². The molecular weight excluding hydrogens is 298 g/mol. The van der Waals surface area contributed by atoms with Crippen molar-refractivity contribution in [2.24, 2.45) is 5.92 Å². The fraction of sp³-hybridized carbons (Fsp3) is 0.400. The smallest absolute Gasteiger partial charge is 0.317 e. The van der Waals surface area contributed by atoms with Gasteiger partial charge in [0.15, 0.2) is 0 Å². The van der Waals surface area contributed by atoms with Crippen LogP contribution >= 0.6 is 0 Å². The number of aryl methyl sites for hydroxylation is 1. The second-order valence-electron chi connectivity index (χ2n) is 7.11. The highest BCUT2D eigenvalue weighted by Gasteiger charge is 2.57. The highest BCUT2D eigenvalue weighted by Crippen LogP contribution is 2.61. The fourth-order valence-corrected chi connectivity index (χ4v) is 4.18. The normalized spacial score (nSPS) is 23.8. The summed E-state index contributed by atoms with van der Waals surface area (Å²) in [7, 11) is 1.84. The second kappa shape index (κ2) is 5.93. The van der Waals surface area contributed by atoms with Crippen LogP contribution in [0.25, 0.3) is 0 Å². The predicted molar refractivity (Wildman–Crippen MR) is 93.7 cm³/mol. The molecule has 1 N–H and O–H groups in total. The van der Waals surface area contributed by atoms with Crippen molar-refractivity contribution in [1.82, 2.24) is 15.2 Å². The molecule has 2 aliphatic carbocycles. The van der Waals surface area contributed by atoms with Gasteiger partial charge in [0, 0.05) is 37.9 Å². The Labute approximate surface area is 142 Å². The Morgan fingerprint density at radius 2 is 2.08 bits per heavy atom. The number of rotatable bonds is 4. The summed E-state index contributed by atoms with van der Waals surface area (Å²) in [4.78, 5) is 18.1. The van der Waals surface area contributed by atoms with E-state index in [1.165, 1.54) is 30.4 Å². The highest BCUT2D eigenvalue weighted by molar-refractivity contribution is 5.74. The van der Waals surface area contributed by atoms with Gasteiger partial charge in [-0.15, -0.1) is 0 Å². The van der Waals surface area contributed by atoms with Gasteiger partial charge < -0.3 is 10.2 Å². The van der Waals surface area contributed by atoms with Gasteiger partial charge in [-0.3, -0.25) is 4.98 Å². The number of hydrogen-bond acceptors (Lipinski definition) is 2. The van der Waals surface area contributed by atoms with E-state index in [2.05, 4.69) is 34.6 Å². The Hall–Kier alpha value is -2.36. The van der Waals surface area contributed by atoms with Crippen molar-refractivity contribution < 1.29 is 4.79 Å². The monoisotopic (exact) mass is 321 g/mol. The average Bonchev–Trinajstić information content (AvgIpc) is 3.20. The van der Waals surface area contributed by atoms with E-state index in [1.54, 1.807) is 17.3 Å². The first-order valence-corrected chi connectivity index (χ1v) is 8.65. The minimum Gasteiger partial charge on any atom is -0.338 e. The molecule has 1 spiro atoms. The lowest BCUT2D eigenvalue weighted by Crippen LogP contribution is -2.38. The van der Waals surface area contributed by atoms with Gasteiger partial charge in [0.05, 0.1) is 0 Å². The molecule has 1 saturated carbocycles. The molecule has 2 atom stereocenters. The number of nitrogens with one attached hydrogen (secondary N) is 1. The molecule has 1 fully saturated rings. The standard InChI is InChI=1S/C20H23N3O/c1-23(14-15-7-10-21-11-8-15)19(24)22-13-17-12-20(17)9-6-16-4-2-3-5-18(16)20/h2-5,7-8,10-11,17H,6,9,12-14H2,1H3,(H,22,24)/t17-,20+/m1/s1. The van der Waals surface area contributed by atoms with Gasteiger partial charge in [-0.25, -0.2) is 4.79 Å². The number of carbonyl (C=O) groups is 1. The number of hydrogen-bond donors (Lipinski definition) is 1. The molecule has 0 radical (unpaired) electrons. The van der Waals surface area contributed by atoms with E-state index in [1.807, 2.05) is 19.2 Å². The summed E-state index contributed by atoms with van der Waals surface area (Å²) in [6, 6.07) is 12.7. The Balaban J connectivity index is 1.32. The van der Waals surface area contributed by atoms with Crippen molar-refractivity contribution in [3.63, 3.8) is 0 Å². The van der Waals surface area contributed by atoms with E-state index in [0.29, 0.717) is 17.9 Å². The number of pyridine rings is 1. The van der Waals surface area contributed by atoms with E-state index in [9.17, 15) is 4.79 Å². The Kier molecular flexibility index (Phi) is 3.75. The fourth-order valence-electron chi connectivity index (χ4n) is 4.18. The maximum Gasteiger partial charge on any atom is 0.317 e. The third-order valence-electron chi connectivity index (χ3n) is 5.64. The van der Waals surface area contributed by atoms with Crippen LogP contribution < -0.4 is 5.32 Å². The molecule has 1 aromatic heterocycles. The van der Waals surface area contributed by atoms with Crippen LogP contribution in [0, 0.1) is 5.92 Å². The van der Waals surface area contributed by atoms with Gasteiger partial charge in [0.1, 0.15) is 0 Å². The van der Waals surface area contributed by atoms with Crippen molar-refractivity contribution in [2.75, 3.05) is 13.6 Å². The lowest BCUT2D eigenvalue weighted by atomic mass is 9.95. The van der Waals surface area contributed by atoms with E-state index >= 15 is 0 Å². The number of benzene rings is 1. The Bertz CT molecular complexity index is 746. The molecule has 124 valence electrons. The van der Waals surface area contributed by atoms with Crippen LogP contribution in [0.5, 0.6) is 0 Å². The molecule has 4 nitrogen and oxygen atoms in total. The maximum atomic E-state index is 12.3. The van der Waals surface area contributed by atoms with Crippen LogP contribution in [-0.2, 0) is 18.4 Å². The van der Waals surface area contributed by atoms with E-state index in [4.69, 9.17) is 0 Å². The van der Waals surface area contributed by atoms with Crippen molar-refractivity contribution in [3.8, 4) is 0 Å². The summed E-state index contributed by atoms with van der Waals surface area (Å²) < 4.78 is 0. The average molecular weight is 321 g/mol. The molecule has 4 rings (SSSR count). The van der Waals surface area contributed by atoms with Crippen LogP contribution in [0.15, 0.2) is 48.8 Å². The van der Waals surface area contributed by atoms with Crippen molar-refractivity contribution >= 4 is 6.03 Å². The first-order valence-electron chi connectivity index (χ1n) is 8.65. The van der Waals surface area contributed by atoms with Gasteiger partial charge in [-0.05, 0) is 54.0 Å². The number of aromatic nitrogens is 1. The number of urea groups is 1. The van der Waals surface area contributed by atoms with Gasteiger partial charge in [0.25, 0.3) is 0 Å². The van der Waals surface area contributed by atoms with Gasteiger partial charge >= 0.3 is 6.03 Å². The molecule has 0 saturated heterocycles. The SMILES string of the molecule is CN(Cc1ccncc1)C(=O)NC[C@H]1C[C@@]12CCc1ccccc12. The summed E-state index contributed by atoms with van der Waals surface area (Å²) in [5.41, 5.74) is 4.46. The first kappa shape index (κ1) is 15.2. The first-order chi connectivity index (χ1) is 11.7. The molecule has 24 heavy (non-hydrogen) atoms. The molecule has 2 aromatic rings. The summed E-state index contributed by atoms with van der Waals surface area (Å²) in [6.45, 7) is 1.38. The Morgan fingerprint density at radius 1 is 1.29 bits per heavy atom. The zero-order chi connectivity index (χ0) is 16.6. The highest BCUT2D eigenvalue weighted by atomic mass is 16.2. The minimum absolute atomic E-state index is 0.000134. The van der Waals surface area contributed by atoms with Gasteiger partial charge in [-0.2, -0.15) is 0 Å². The molecule has 2 amide bonds. The van der Waals surface area contributed by atoms with E-state index in [-0.39, 0.29) is 6.03 Å². The van der Waals surface area contributed by atoms with Crippen molar-refractivity contribution in [3.05, 3.63) is 65.5 Å². The zero-order valence-corrected chi connectivity index (χ0v) is 14.0. The van der Waals surface area contributed by atoms with Gasteiger partial charge in [-0.1, -0.05) is 24.3 Å². The van der Waals surface area contributed by atoms with Crippen LogP contribution in [0.2, 0.25) is 0 Å². The van der Waals surface area contributed by atoms with Crippen molar-refractivity contribution in [1.29, 1.82) is 0 Å². The Morgan fingerprint density at radius 3 is 2.92 bits per heavy atom. The molecule has 0 unspecified atom stereocenters. The number of nitrogens with zero attached hydrogens (tertiary/aromatic N) is 2. The van der Waals surface area contributed by atoms with Crippen LogP contribution in [-0.4, -0.2) is 29.5 Å². The topological polar surface area (TPSA) is 45.2 Å².